The molecule has 1 aromatic rings. The minimum Gasteiger partial charge on any atom is -0.357 e. The van der Waals surface area contributed by atoms with Crippen LogP contribution < -0.4 is 16.2 Å². The minimum atomic E-state index is -3.10. The van der Waals surface area contributed by atoms with Gasteiger partial charge in [-0.1, -0.05) is 12.1 Å². The number of carbonyl (C=O) groups is 1. The molecule has 1 saturated heterocycles. The number of hydrazine groups is 1. The van der Waals surface area contributed by atoms with Gasteiger partial charge in [-0.2, -0.15) is 0 Å². The fourth-order valence-electron chi connectivity index (χ4n) is 2.05. The van der Waals surface area contributed by atoms with Crippen LogP contribution in [0.15, 0.2) is 24.3 Å². The molecule has 1 amide bonds. The molecule has 1 aliphatic rings. The second-order valence-electron chi connectivity index (χ2n) is 5.02. The van der Waals surface area contributed by atoms with E-state index in [1.54, 1.807) is 12.1 Å². The number of hydrogen-bond donors (Lipinski definition) is 3. The average molecular weight is 345 g/mol. The van der Waals surface area contributed by atoms with E-state index < -0.39 is 21.7 Å². The van der Waals surface area contributed by atoms with Crippen molar-refractivity contribution < 1.29 is 17.6 Å². The van der Waals surface area contributed by atoms with Crippen molar-refractivity contribution >= 4 is 33.1 Å². The van der Waals surface area contributed by atoms with Crippen LogP contribution in [0.4, 0.5) is 4.39 Å². The molecule has 22 heavy (non-hydrogen) atoms. The molecule has 120 valence electrons. The number of sulfone groups is 1. The Kier molecular flexibility index (Phi) is 5.30. The molecule has 0 aliphatic carbocycles. The lowest BCUT2D eigenvalue weighted by atomic mass is 10.1. The lowest BCUT2D eigenvalue weighted by Gasteiger charge is -2.13. The number of halogens is 1. The maximum Gasteiger partial charge on any atom is 0.242 e. The van der Waals surface area contributed by atoms with Crippen LogP contribution in [0.3, 0.4) is 0 Å². The van der Waals surface area contributed by atoms with Gasteiger partial charge in [0, 0.05) is 6.54 Å². The third-order valence-corrected chi connectivity index (χ3v) is 5.28. The van der Waals surface area contributed by atoms with Crippen molar-refractivity contribution in [2.45, 2.75) is 13.0 Å². The summed E-state index contributed by atoms with van der Waals surface area (Å²) in [5.41, 5.74) is 5.74. The monoisotopic (exact) mass is 345 g/mol. The zero-order chi connectivity index (χ0) is 16.2. The first-order valence-electron chi connectivity index (χ1n) is 6.64. The highest BCUT2D eigenvalue weighted by Crippen LogP contribution is 2.17. The maximum absolute atomic E-state index is 12.7. The number of carbonyl (C=O) groups excluding carboxylic acids is 1. The Hall–Kier alpha value is -1.74. The Balaban J connectivity index is 1.71. The first kappa shape index (κ1) is 16.6. The third kappa shape index (κ3) is 4.92. The summed E-state index contributed by atoms with van der Waals surface area (Å²) in [6.45, 7) is 0.375. The molecular weight excluding hydrogens is 329 g/mol. The summed E-state index contributed by atoms with van der Waals surface area (Å²) < 4.78 is 35.4. The molecular formula is C13H16FN3O3S2. The van der Waals surface area contributed by atoms with E-state index in [4.69, 9.17) is 12.2 Å². The highest BCUT2D eigenvalue weighted by molar-refractivity contribution is 7.91. The van der Waals surface area contributed by atoms with Crippen LogP contribution in [0.1, 0.15) is 12.0 Å². The van der Waals surface area contributed by atoms with Gasteiger partial charge >= 0.3 is 0 Å². The van der Waals surface area contributed by atoms with E-state index in [1.807, 2.05) is 0 Å². The standard InChI is InChI=1S/C13H16FN3O3S2/c14-11-3-1-9(2-4-11)7-15-13(21)17-16-12(18)10-5-6-22(19,20)8-10/h1-4,10H,5-8H2,(H,16,18)(H2,15,17,21)/t10-/m0/s1. The van der Waals surface area contributed by atoms with Crippen molar-refractivity contribution in [3.63, 3.8) is 0 Å². The van der Waals surface area contributed by atoms with Crippen molar-refractivity contribution in [2.75, 3.05) is 11.5 Å². The van der Waals surface area contributed by atoms with E-state index in [9.17, 15) is 17.6 Å². The Morgan fingerprint density at radius 1 is 1.27 bits per heavy atom. The SMILES string of the molecule is O=C(NNC(=S)NCc1ccc(F)cc1)[C@H]1CCS(=O)(=O)C1. The molecule has 1 aromatic carbocycles. The molecule has 6 nitrogen and oxygen atoms in total. The van der Waals surface area contributed by atoms with Gasteiger partial charge in [-0.25, -0.2) is 12.8 Å². The summed E-state index contributed by atoms with van der Waals surface area (Å²) in [5.74, 6) is -1.35. The Labute approximate surface area is 133 Å². The Morgan fingerprint density at radius 3 is 2.55 bits per heavy atom. The summed E-state index contributed by atoms with van der Waals surface area (Å²) in [7, 11) is -3.10. The molecule has 1 aliphatic heterocycles. The average Bonchev–Trinajstić information content (AvgIpc) is 2.84. The summed E-state index contributed by atoms with van der Waals surface area (Å²) in [4.78, 5) is 11.8. The number of thiocarbonyl (C=S) groups is 1. The first-order chi connectivity index (χ1) is 10.4. The quantitative estimate of drug-likeness (QED) is 0.538. The Morgan fingerprint density at radius 2 is 1.95 bits per heavy atom. The summed E-state index contributed by atoms with van der Waals surface area (Å²) in [6, 6.07) is 5.92. The molecule has 0 saturated carbocycles. The second-order valence-corrected chi connectivity index (χ2v) is 7.66. The molecule has 3 N–H and O–H groups in total. The van der Waals surface area contributed by atoms with E-state index in [0.717, 1.165) is 5.56 Å². The smallest absolute Gasteiger partial charge is 0.242 e. The van der Waals surface area contributed by atoms with Crippen LogP contribution in [0.5, 0.6) is 0 Å². The van der Waals surface area contributed by atoms with Gasteiger partial charge in [0.15, 0.2) is 14.9 Å². The van der Waals surface area contributed by atoms with Crippen LogP contribution >= 0.6 is 12.2 Å². The van der Waals surface area contributed by atoms with Gasteiger partial charge in [0.1, 0.15) is 5.82 Å². The molecule has 1 atom stereocenters. The van der Waals surface area contributed by atoms with Gasteiger partial charge in [0.05, 0.1) is 17.4 Å². The second kappa shape index (κ2) is 7.01. The van der Waals surface area contributed by atoms with Crippen molar-refractivity contribution in [3.8, 4) is 0 Å². The molecule has 0 unspecified atom stereocenters. The summed E-state index contributed by atoms with van der Waals surface area (Å²) >= 11 is 4.99. The molecule has 0 bridgehead atoms. The van der Waals surface area contributed by atoms with Gasteiger partial charge in [0.2, 0.25) is 5.91 Å². The number of hydrogen-bond acceptors (Lipinski definition) is 4. The molecule has 0 spiro atoms. The number of amides is 1. The van der Waals surface area contributed by atoms with Gasteiger partial charge in [0.25, 0.3) is 0 Å². The fourth-order valence-corrected chi connectivity index (χ4v) is 3.92. The van der Waals surface area contributed by atoms with Gasteiger partial charge < -0.3 is 5.32 Å². The fraction of sp³-hybridized carbons (Fsp3) is 0.385. The predicted molar refractivity (Wildman–Crippen MR) is 83.9 cm³/mol. The van der Waals surface area contributed by atoms with E-state index in [2.05, 4.69) is 16.2 Å². The first-order valence-corrected chi connectivity index (χ1v) is 8.87. The van der Waals surface area contributed by atoms with Crippen LogP contribution in [-0.4, -0.2) is 30.9 Å². The maximum atomic E-state index is 12.7. The highest BCUT2D eigenvalue weighted by atomic mass is 32.2. The third-order valence-electron chi connectivity index (χ3n) is 3.27. The molecule has 2 rings (SSSR count). The molecule has 0 aromatic heterocycles. The van der Waals surface area contributed by atoms with Gasteiger partial charge in [-0.3, -0.25) is 15.6 Å². The van der Waals surface area contributed by atoms with Crippen LogP contribution in [0, 0.1) is 11.7 Å². The van der Waals surface area contributed by atoms with Crippen LogP contribution in [0.25, 0.3) is 0 Å². The molecule has 0 radical (unpaired) electrons. The number of benzene rings is 1. The van der Waals surface area contributed by atoms with Crippen LogP contribution in [0.2, 0.25) is 0 Å². The summed E-state index contributed by atoms with van der Waals surface area (Å²) in [5, 5.41) is 3.04. The van der Waals surface area contributed by atoms with Crippen molar-refractivity contribution in [3.05, 3.63) is 35.6 Å². The normalized spacial score (nSPS) is 19.4. The molecule has 9 heteroatoms. The topological polar surface area (TPSA) is 87.3 Å². The van der Waals surface area contributed by atoms with E-state index >= 15 is 0 Å². The van der Waals surface area contributed by atoms with Crippen molar-refractivity contribution in [2.24, 2.45) is 5.92 Å². The minimum absolute atomic E-state index is 0.0400. The van der Waals surface area contributed by atoms with E-state index in [-0.39, 0.29) is 22.4 Å². The van der Waals surface area contributed by atoms with Gasteiger partial charge in [-0.05, 0) is 36.3 Å². The van der Waals surface area contributed by atoms with Crippen molar-refractivity contribution in [1.82, 2.24) is 16.2 Å². The lowest BCUT2D eigenvalue weighted by Crippen LogP contribution is -2.48. The van der Waals surface area contributed by atoms with E-state index in [0.29, 0.717) is 13.0 Å². The van der Waals surface area contributed by atoms with E-state index in [1.165, 1.54) is 12.1 Å². The predicted octanol–water partition coefficient (Wildman–Crippen LogP) is 0.256. The van der Waals surface area contributed by atoms with Crippen molar-refractivity contribution in [1.29, 1.82) is 0 Å². The molecule has 1 fully saturated rings. The Bertz CT molecular complexity index is 662. The van der Waals surface area contributed by atoms with Crippen LogP contribution in [-0.2, 0) is 21.2 Å². The highest BCUT2D eigenvalue weighted by Gasteiger charge is 2.32. The zero-order valence-corrected chi connectivity index (χ0v) is 13.3. The largest absolute Gasteiger partial charge is 0.357 e. The number of rotatable bonds is 3. The molecule has 1 heterocycles. The zero-order valence-electron chi connectivity index (χ0n) is 11.6. The van der Waals surface area contributed by atoms with Gasteiger partial charge in [-0.15, -0.1) is 0 Å². The lowest BCUT2D eigenvalue weighted by molar-refractivity contribution is -0.124. The number of nitrogens with one attached hydrogen (secondary N) is 3. The summed E-state index contributed by atoms with van der Waals surface area (Å²) in [6.07, 6.45) is 0.325.